The lowest BCUT2D eigenvalue weighted by molar-refractivity contribution is 0.548. The molecule has 2 aromatic carbocycles. The number of benzene rings is 2. The van der Waals surface area contributed by atoms with Gasteiger partial charge in [-0.05, 0) is 76.9 Å². The van der Waals surface area contributed by atoms with E-state index in [-0.39, 0.29) is 0 Å². The summed E-state index contributed by atoms with van der Waals surface area (Å²) >= 11 is 0. The SMILES string of the molecule is CC(=Nc1ccc(C)cc1C)c1ccc(C(C)=Nc2ccc(C)cc2C)o1. The molecule has 3 aromatic rings. The van der Waals surface area contributed by atoms with Crippen LogP contribution in [0.5, 0.6) is 0 Å². The predicted molar refractivity (Wildman–Crippen MR) is 114 cm³/mol. The Hall–Kier alpha value is -2.94. The number of aliphatic imine (C=N–C) groups is 2. The molecule has 0 radical (unpaired) electrons. The van der Waals surface area contributed by atoms with Crippen molar-refractivity contribution in [2.24, 2.45) is 9.98 Å². The van der Waals surface area contributed by atoms with Gasteiger partial charge in [-0.1, -0.05) is 35.4 Å². The molecule has 0 N–H and O–H groups in total. The fourth-order valence-electron chi connectivity index (χ4n) is 3.06. The highest BCUT2D eigenvalue weighted by atomic mass is 16.3. The molecule has 1 heterocycles. The Morgan fingerprint density at radius 2 is 1.04 bits per heavy atom. The van der Waals surface area contributed by atoms with Gasteiger partial charge in [0.15, 0.2) is 0 Å². The van der Waals surface area contributed by atoms with E-state index >= 15 is 0 Å². The third-order valence-electron chi connectivity index (χ3n) is 4.60. The second-order valence-corrected chi connectivity index (χ2v) is 7.14. The van der Waals surface area contributed by atoms with E-state index in [2.05, 4.69) is 52.0 Å². The second kappa shape index (κ2) is 7.75. The van der Waals surface area contributed by atoms with Crippen LogP contribution in [0.15, 0.2) is 62.9 Å². The summed E-state index contributed by atoms with van der Waals surface area (Å²) < 4.78 is 6.02. The molecule has 3 nitrogen and oxygen atoms in total. The van der Waals surface area contributed by atoms with Gasteiger partial charge in [0.25, 0.3) is 0 Å². The van der Waals surface area contributed by atoms with Gasteiger partial charge in [-0.3, -0.25) is 0 Å². The quantitative estimate of drug-likeness (QED) is 0.473. The van der Waals surface area contributed by atoms with Crippen molar-refractivity contribution in [2.75, 3.05) is 0 Å². The van der Waals surface area contributed by atoms with Crippen LogP contribution >= 0.6 is 0 Å². The van der Waals surface area contributed by atoms with Crippen LogP contribution in [0.2, 0.25) is 0 Å². The number of furan rings is 1. The van der Waals surface area contributed by atoms with Crippen LogP contribution in [0.25, 0.3) is 0 Å². The topological polar surface area (TPSA) is 37.9 Å². The highest BCUT2D eigenvalue weighted by Gasteiger charge is 2.09. The Morgan fingerprint density at radius 3 is 1.41 bits per heavy atom. The van der Waals surface area contributed by atoms with Gasteiger partial charge in [-0.25, -0.2) is 9.98 Å². The average Bonchev–Trinajstić information content (AvgIpc) is 3.10. The molecule has 138 valence electrons. The van der Waals surface area contributed by atoms with Crippen LogP contribution in [-0.2, 0) is 0 Å². The first kappa shape index (κ1) is 18.8. The van der Waals surface area contributed by atoms with E-state index < -0.39 is 0 Å². The molecule has 0 fully saturated rings. The molecule has 3 rings (SSSR count). The maximum Gasteiger partial charge on any atom is 0.148 e. The van der Waals surface area contributed by atoms with Crippen LogP contribution in [-0.4, -0.2) is 11.4 Å². The lowest BCUT2D eigenvalue weighted by Crippen LogP contribution is -1.94. The maximum atomic E-state index is 6.02. The highest BCUT2D eigenvalue weighted by molar-refractivity contribution is 6.01. The molecule has 3 heteroatoms. The molecular weight excluding hydrogens is 332 g/mol. The van der Waals surface area contributed by atoms with Crippen molar-refractivity contribution in [3.05, 3.63) is 82.3 Å². The third kappa shape index (κ3) is 4.43. The van der Waals surface area contributed by atoms with E-state index in [9.17, 15) is 0 Å². The van der Waals surface area contributed by atoms with Gasteiger partial charge in [0.05, 0.1) is 22.8 Å². The zero-order valence-electron chi connectivity index (χ0n) is 16.9. The van der Waals surface area contributed by atoms with Crippen LogP contribution < -0.4 is 0 Å². The molecule has 0 unspecified atom stereocenters. The van der Waals surface area contributed by atoms with E-state index in [1.165, 1.54) is 11.1 Å². The van der Waals surface area contributed by atoms with Crippen LogP contribution in [0, 0.1) is 27.7 Å². The summed E-state index contributed by atoms with van der Waals surface area (Å²) in [5.41, 5.74) is 8.45. The van der Waals surface area contributed by atoms with Gasteiger partial charge in [-0.15, -0.1) is 0 Å². The Bertz CT molecular complexity index is 956. The van der Waals surface area contributed by atoms with E-state index in [1.54, 1.807) is 0 Å². The van der Waals surface area contributed by atoms with Gasteiger partial charge >= 0.3 is 0 Å². The Labute approximate surface area is 161 Å². The summed E-state index contributed by atoms with van der Waals surface area (Å²) in [6.45, 7) is 12.3. The number of rotatable bonds is 4. The molecular formula is C24H26N2O. The van der Waals surface area contributed by atoms with E-state index in [4.69, 9.17) is 14.4 Å². The van der Waals surface area contributed by atoms with Crippen molar-refractivity contribution in [1.82, 2.24) is 0 Å². The zero-order valence-corrected chi connectivity index (χ0v) is 16.9. The average molecular weight is 358 g/mol. The second-order valence-electron chi connectivity index (χ2n) is 7.14. The molecule has 0 atom stereocenters. The smallest absolute Gasteiger partial charge is 0.148 e. The van der Waals surface area contributed by atoms with Crippen LogP contribution in [0.3, 0.4) is 0 Å². The Morgan fingerprint density at radius 1 is 0.630 bits per heavy atom. The van der Waals surface area contributed by atoms with Gasteiger partial charge in [0, 0.05) is 0 Å². The first-order valence-electron chi connectivity index (χ1n) is 9.19. The van der Waals surface area contributed by atoms with Gasteiger partial charge in [0.2, 0.25) is 0 Å². The van der Waals surface area contributed by atoms with Crippen molar-refractivity contribution >= 4 is 22.8 Å². The zero-order chi connectivity index (χ0) is 19.6. The van der Waals surface area contributed by atoms with Crippen molar-refractivity contribution in [3.63, 3.8) is 0 Å². The van der Waals surface area contributed by atoms with Gasteiger partial charge < -0.3 is 4.42 Å². The predicted octanol–water partition coefficient (Wildman–Crippen LogP) is 6.79. The number of aryl methyl sites for hydroxylation is 4. The Kier molecular flexibility index (Phi) is 5.41. The number of nitrogens with zero attached hydrogens (tertiary/aromatic N) is 2. The monoisotopic (exact) mass is 358 g/mol. The fourth-order valence-corrected chi connectivity index (χ4v) is 3.06. The minimum atomic E-state index is 0.764. The number of hydrogen-bond donors (Lipinski definition) is 0. The molecule has 0 spiro atoms. The van der Waals surface area contributed by atoms with Crippen molar-refractivity contribution < 1.29 is 4.42 Å². The van der Waals surface area contributed by atoms with Gasteiger partial charge in [-0.2, -0.15) is 0 Å². The van der Waals surface area contributed by atoms with Crippen LogP contribution in [0.1, 0.15) is 47.6 Å². The molecule has 1 aromatic heterocycles. The van der Waals surface area contributed by atoms with E-state index in [0.29, 0.717) is 0 Å². The largest absolute Gasteiger partial charge is 0.454 e. The minimum absolute atomic E-state index is 0.764. The minimum Gasteiger partial charge on any atom is -0.454 e. The summed E-state index contributed by atoms with van der Waals surface area (Å²) in [6, 6.07) is 16.4. The summed E-state index contributed by atoms with van der Waals surface area (Å²) in [7, 11) is 0. The molecule has 0 amide bonds. The third-order valence-corrected chi connectivity index (χ3v) is 4.60. The molecule has 0 aliphatic rings. The lowest BCUT2D eigenvalue weighted by Gasteiger charge is -2.04. The Balaban J connectivity index is 1.87. The van der Waals surface area contributed by atoms with Gasteiger partial charge in [0.1, 0.15) is 11.5 Å². The summed E-state index contributed by atoms with van der Waals surface area (Å²) in [5, 5.41) is 0. The van der Waals surface area contributed by atoms with Crippen LogP contribution in [0.4, 0.5) is 11.4 Å². The molecule has 0 bridgehead atoms. The summed E-state index contributed by atoms with van der Waals surface area (Å²) in [6.07, 6.45) is 0. The summed E-state index contributed by atoms with van der Waals surface area (Å²) in [4.78, 5) is 9.47. The van der Waals surface area contributed by atoms with E-state index in [1.807, 2.05) is 38.1 Å². The van der Waals surface area contributed by atoms with Crippen molar-refractivity contribution in [1.29, 1.82) is 0 Å². The van der Waals surface area contributed by atoms with Crippen molar-refractivity contribution in [3.8, 4) is 0 Å². The standard InChI is InChI=1S/C24H26N2O/c1-15-7-9-21(17(3)13-15)25-19(5)23-11-12-24(27-23)20(6)26-22-10-8-16(2)14-18(22)4/h7-14H,1-6H3. The highest BCUT2D eigenvalue weighted by Crippen LogP contribution is 2.23. The molecule has 0 saturated heterocycles. The maximum absolute atomic E-state index is 6.02. The first-order valence-corrected chi connectivity index (χ1v) is 9.19. The van der Waals surface area contributed by atoms with E-state index in [0.717, 1.165) is 45.4 Å². The first-order chi connectivity index (χ1) is 12.8. The fraction of sp³-hybridized carbons (Fsp3) is 0.250. The molecule has 0 saturated carbocycles. The molecule has 0 aliphatic heterocycles. The lowest BCUT2D eigenvalue weighted by atomic mass is 10.1. The molecule has 0 aliphatic carbocycles. The number of hydrogen-bond acceptors (Lipinski definition) is 3. The summed E-state index contributed by atoms with van der Waals surface area (Å²) in [5.74, 6) is 1.53. The molecule has 27 heavy (non-hydrogen) atoms. The van der Waals surface area contributed by atoms with Crippen molar-refractivity contribution in [2.45, 2.75) is 41.5 Å². The normalized spacial score (nSPS) is 12.5.